The zero-order valence-corrected chi connectivity index (χ0v) is 20.4. The van der Waals surface area contributed by atoms with E-state index in [1.54, 1.807) is 49.6 Å². The van der Waals surface area contributed by atoms with Crippen molar-refractivity contribution in [3.05, 3.63) is 58.1 Å². The average molecular weight is 481 g/mol. The van der Waals surface area contributed by atoms with Gasteiger partial charge in [0.2, 0.25) is 5.91 Å². The van der Waals surface area contributed by atoms with Crippen molar-refractivity contribution in [1.29, 1.82) is 0 Å². The Morgan fingerprint density at radius 1 is 1.00 bits per heavy atom. The number of hydrogen-bond donors (Lipinski definition) is 1. The summed E-state index contributed by atoms with van der Waals surface area (Å²) in [5.74, 6) is 0.643. The summed E-state index contributed by atoms with van der Waals surface area (Å²) in [6.45, 7) is 5.63. The zero-order chi connectivity index (χ0) is 23.7. The van der Waals surface area contributed by atoms with E-state index in [0.29, 0.717) is 33.5 Å². The third kappa shape index (κ3) is 7.04. The number of carbonyl (C=O) groups excluding carboxylic acids is 2. The molecule has 0 aliphatic rings. The largest absolute Gasteiger partial charge is 0.497 e. The summed E-state index contributed by atoms with van der Waals surface area (Å²) in [6.07, 6.45) is 1.21. The van der Waals surface area contributed by atoms with Gasteiger partial charge in [-0.2, -0.15) is 0 Å². The van der Waals surface area contributed by atoms with E-state index in [1.807, 2.05) is 20.8 Å². The Morgan fingerprint density at radius 2 is 1.59 bits per heavy atom. The van der Waals surface area contributed by atoms with E-state index in [0.717, 1.165) is 6.42 Å². The molecule has 174 valence electrons. The van der Waals surface area contributed by atoms with Crippen LogP contribution in [0.5, 0.6) is 11.5 Å². The standard InChI is InChI=1S/C24H30Cl2N2O4/c1-5-16(3)27-24(30)22(6-2)28(14-19-20(25)8-7-9-21(19)26)23(29)15-32-18-12-10-17(31-4)11-13-18/h7-13,16,22H,5-6,14-15H2,1-4H3,(H,27,30)/t16-,22+/m1/s1. The van der Waals surface area contributed by atoms with Crippen LogP contribution in [0.2, 0.25) is 10.0 Å². The summed E-state index contributed by atoms with van der Waals surface area (Å²) in [6, 6.07) is 11.4. The lowest BCUT2D eigenvalue weighted by Crippen LogP contribution is -2.51. The molecule has 0 saturated heterocycles. The van der Waals surface area contributed by atoms with Crippen LogP contribution in [0.4, 0.5) is 0 Å². The van der Waals surface area contributed by atoms with Crippen molar-refractivity contribution in [2.24, 2.45) is 0 Å². The van der Waals surface area contributed by atoms with E-state index in [2.05, 4.69) is 5.32 Å². The van der Waals surface area contributed by atoms with Gasteiger partial charge in [-0.05, 0) is 56.2 Å². The maximum Gasteiger partial charge on any atom is 0.261 e. The number of ether oxygens (including phenoxy) is 2. The van der Waals surface area contributed by atoms with Gasteiger partial charge in [-0.1, -0.05) is 43.1 Å². The van der Waals surface area contributed by atoms with E-state index >= 15 is 0 Å². The van der Waals surface area contributed by atoms with Crippen LogP contribution >= 0.6 is 23.2 Å². The SMILES string of the molecule is CC[C@@H](C)NC(=O)[C@H](CC)N(Cc1c(Cl)cccc1Cl)C(=O)COc1ccc(OC)cc1. The molecule has 0 unspecified atom stereocenters. The summed E-state index contributed by atoms with van der Waals surface area (Å²) in [5.41, 5.74) is 0.587. The van der Waals surface area contributed by atoms with Crippen LogP contribution in [0, 0.1) is 0 Å². The first kappa shape index (κ1) is 25.8. The third-order valence-corrected chi connectivity index (χ3v) is 5.91. The molecular formula is C24H30Cl2N2O4. The first-order valence-corrected chi connectivity index (χ1v) is 11.4. The van der Waals surface area contributed by atoms with Gasteiger partial charge in [0.25, 0.3) is 5.91 Å². The summed E-state index contributed by atoms with van der Waals surface area (Å²) < 4.78 is 10.8. The monoisotopic (exact) mass is 480 g/mol. The van der Waals surface area contributed by atoms with Gasteiger partial charge < -0.3 is 19.7 Å². The summed E-state index contributed by atoms with van der Waals surface area (Å²) in [5, 5.41) is 3.83. The number of rotatable bonds is 11. The van der Waals surface area contributed by atoms with Crippen LogP contribution in [0.1, 0.15) is 39.2 Å². The lowest BCUT2D eigenvalue weighted by Gasteiger charge is -2.31. The molecule has 2 amide bonds. The molecule has 32 heavy (non-hydrogen) atoms. The molecule has 1 N–H and O–H groups in total. The average Bonchev–Trinajstić information content (AvgIpc) is 2.79. The van der Waals surface area contributed by atoms with Crippen LogP contribution < -0.4 is 14.8 Å². The van der Waals surface area contributed by atoms with Gasteiger partial charge in [0, 0.05) is 28.2 Å². The van der Waals surface area contributed by atoms with E-state index in [1.165, 1.54) is 4.90 Å². The Hall–Kier alpha value is -2.44. The van der Waals surface area contributed by atoms with Gasteiger partial charge in [-0.3, -0.25) is 9.59 Å². The Balaban J connectivity index is 2.26. The van der Waals surface area contributed by atoms with Gasteiger partial charge >= 0.3 is 0 Å². The van der Waals surface area contributed by atoms with E-state index in [4.69, 9.17) is 32.7 Å². The van der Waals surface area contributed by atoms with Crippen molar-refractivity contribution in [2.45, 2.75) is 52.2 Å². The minimum atomic E-state index is -0.691. The van der Waals surface area contributed by atoms with Gasteiger partial charge in [0.1, 0.15) is 17.5 Å². The number of amides is 2. The quantitative estimate of drug-likeness (QED) is 0.485. The van der Waals surface area contributed by atoms with Gasteiger partial charge in [-0.15, -0.1) is 0 Å². The second kappa shape index (κ2) is 12.6. The highest BCUT2D eigenvalue weighted by atomic mass is 35.5. The van der Waals surface area contributed by atoms with E-state index in [-0.39, 0.29) is 31.0 Å². The Bertz CT molecular complexity index is 885. The predicted molar refractivity (Wildman–Crippen MR) is 127 cm³/mol. The van der Waals surface area contributed by atoms with Crippen molar-refractivity contribution in [3.8, 4) is 11.5 Å². The van der Waals surface area contributed by atoms with Crippen molar-refractivity contribution >= 4 is 35.0 Å². The summed E-state index contributed by atoms with van der Waals surface area (Å²) >= 11 is 12.7. The van der Waals surface area contributed by atoms with E-state index < -0.39 is 6.04 Å². The van der Waals surface area contributed by atoms with Crippen LogP contribution in [0.3, 0.4) is 0 Å². The third-order valence-electron chi connectivity index (χ3n) is 5.20. The highest BCUT2D eigenvalue weighted by Gasteiger charge is 2.30. The van der Waals surface area contributed by atoms with Gasteiger partial charge in [0.05, 0.1) is 7.11 Å². The fraction of sp³-hybridized carbons (Fsp3) is 0.417. The van der Waals surface area contributed by atoms with Gasteiger partial charge in [-0.25, -0.2) is 0 Å². The van der Waals surface area contributed by atoms with E-state index in [9.17, 15) is 9.59 Å². The number of hydrogen-bond acceptors (Lipinski definition) is 4. The van der Waals surface area contributed by atoms with Crippen molar-refractivity contribution < 1.29 is 19.1 Å². The van der Waals surface area contributed by atoms with Crippen LogP contribution in [-0.4, -0.2) is 42.5 Å². The molecule has 0 fully saturated rings. The van der Waals surface area contributed by atoms with Crippen molar-refractivity contribution in [2.75, 3.05) is 13.7 Å². The Morgan fingerprint density at radius 3 is 2.12 bits per heavy atom. The lowest BCUT2D eigenvalue weighted by atomic mass is 10.1. The molecule has 0 heterocycles. The zero-order valence-electron chi connectivity index (χ0n) is 18.9. The molecule has 0 saturated carbocycles. The number of carbonyl (C=O) groups is 2. The smallest absolute Gasteiger partial charge is 0.261 e. The highest BCUT2D eigenvalue weighted by molar-refractivity contribution is 6.36. The molecular weight excluding hydrogens is 451 g/mol. The molecule has 2 aromatic rings. The normalized spacial score (nSPS) is 12.6. The molecule has 2 aromatic carbocycles. The number of nitrogens with one attached hydrogen (secondary N) is 1. The summed E-state index contributed by atoms with van der Waals surface area (Å²) in [4.78, 5) is 27.7. The Labute approximate surface area is 199 Å². The van der Waals surface area contributed by atoms with Gasteiger partial charge in [0.15, 0.2) is 6.61 Å². The van der Waals surface area contributed by atoms with Crippen LogP contribution in [0.15, 0.2) is 42.5 Å². The topological polar surface area (TPSA) is 67.9 Å². The second-order valence-electron chi connectivity index (χ2n) is 7.43. The molecule has 2 atom stereocenters. The molecule has 0 aliphatic carbocycles. The molecule has 0 bridgehead atoms. The molecule has 6 nitrogen and oxygen atoms in total. The number of halogens is 2. The van der Waals surface area contributed by atoms with Crippen molar-refractivity contribution in [1.82, 2.24) is 10.2 Å². The van der Waals surface area contributed by atoms with Crippen LogP contribution in [0.25, 0.3) is 0 Å². The van der Waals surface area contributed by atoms with Crippen LogP contribution in [-0.2, 0) is 16.1 Å². The first-order valence-electron chi connectivity index (χ1n) is 10.6. The minimum absolute atomic E-state index is 0.00653. The second-order valence-corrected chi connectivity index (χ2v) is 8.24. The maximum atomic E-state index is 13.2. The lowest BCUT2D eigenvalue weighted by molar-refractivity contribution is -0.143. The maximum absolute atomic E-state index is 13.2. The van der Waals surface area contributed by atoms with Crippen molar-refractivity contribution in [3.63, 3.8) is 0 Å². The summed E-state index contributed by atoms with van der Waals surface area (Å²) in [7, 11) is 1.58. The molecule has 0 aromatic heterocycles. The Kier molecular flexibility index (Phi) is 10.1. The molecule has 0 spiro atoms. The molecule has 0 aliphatic heterocycles. The predicted octanol–water partition coefficient (Wildman–Crippen LogP) is 5.10. The first-order chi connectivity index (χ1) is 15.3. The number of nitrogens with zero attached hydrogens (tertiary/aromatic N) is 1. The fourth-order valence-electron chi connectivity index (χ4n) is 3.11. The minimum Gasteiger partial charge on any atom is -0.497 e. The highest BCUT2D eigenvalue weighted by Crippen LogP contribution is 2.27. The number of benzene rings is 2. The molecule has 8 heteroatoms. The molecule has 0 radical (unpaired) electrons. The molecule has 2 rings (SSSR count). The number of methoxy groups -OCH3 is 1. The fourth-order valence-corrected chi connectivity index (χ4v) is 3.63.